The second-order valence-electron chi connectivity index (χ2n) is 6.35. The predicted molar refractivity (Wildman–Crippen MR) is 98.0 cm³/mol. The Labute approximate surface area is 155 Å². The second-order valence-corrected chi connectivity index (χ2v) is 6.35. The van der Waals surface area contributed by atoms with E-state index >= 15 is 0 Å². The van der Waals surface area contributed by atoms with Gasteiger partial charge in [-0.3, -0.25) is 0 Å². The van der Waals surface area contributed by atoms with Gasteiger partial charge in [0.25, 0.3) is 0 Å². The summed E-state index contributed by atoms with van der Waals surface area (Å²) >= 11 is 0. The lowest BCUT2D eigenvalue weighted by molar-refractivity contribution is -0.137. The molecule has 1 aromatic heterocycles. The van der Waals surface area contributed by atoms with Crippen molar-refractivity contribution in [2.24, 2.45) is 0 Å². The number of nitrogens with one attached hydrogen (secondary N) is 2. The molecular weight excluding hydrogens is 359 g/mol. The molecule has 0 aliphatic carbocycles. The van der Waals surface area contributed by atoms with Crippen molar-refractivity contribution in [3.05, 3.63) is 48.2 Å². The monoisotopic (exact) mass is 379 g/mol. The summed E-state index contributed by atoms with van der Waals surface area (Å²) in [5, 5.41) is 5.10. The molecule has 2 aromatic rings. The highest BCUT2D eigenvalue weighted by atomic mass is 19.4. The van der Waals surface area contributed by atoms with Crippen LogP contribution >= 0.6 is 0 Å². The molecular formula is C18H20F3N5O. The van der Waals surface area contributed by atoms with Gasteiger partial charge in [-0.05, 0) is 43.4 Å². The molecule has 1 saturated heterocycles. The smallest absolute Gasteiger partial charge is 0.354 e. The van der Waals surface area contributed by atoms with E-state index < -0.39 is 17.8 Å². The number of likely N-dealkylation sites (N-methyl/N-ethyl adjacent to an activating group) is 1. The van der Waals surface area contributed by atoms with Crippen molar-refractivity contribution in [3.8, 4) is 0 Å². The molecule has 0 bridgehead atoms. The van der Waals surface area contributed by atoms with Gasteiger partial charge in [0.1, 0.15) is 5.82 Å². The Morgan fingerprint density at radius 1 is 0.963 bits per heavy atom. The Morgan fingerprint density at radius 3 is 2.11 bits per heavy atom. The van der Waals surface area contributed by atoms with Gasteiger partial charge in [0.2, 0.25) is 0 Å². The molecule has 1 aliphatic rings. The van der Waals surface area contributed by atoms with E-state index in [9.17, 15) is 18.0 Å². The fourth-order valence-electron chi connectivity index (χ4n) is 2.72. The minimum Gasteiger partial charge on any atom is -0.354 e. The Hall–Kier alpha value is -2.81. The maximum atomic E-state index is 12.5. The number of nitrogens with zero attached hydrogens (tertiary/aromatic N) is 3. The lowest BCUT2D eigenvalue weighted by Gasteiger charge is -2.33. The van der Waals surface area contributed by atoms with Crippen LogP contribution in [0.5, 0.6) is 0 Å². The minimum absolute atomic E-state index is 0.266. The average Bonchev–Trinajstić information content (AvgIpc) is 2.63. The molecule has 9 heteroatoms. The van der Waals surface area contributed by atoms with Crippen molar-refractivity contribution in [2.75, 3.05) is 48.8 Å². The Bertz CT molecular complexity index is 769. The summed E-state index contributed by atoms with van der Waals surface area (Å²) < 4.78 is 37.6. The number of carbonyl (C=O) groups excluding carboxylic acids is 1. The molecule has 3 rings (SSSR count). The van der Waals surface area contributed by atoms with Crippen LogP contribution in [-0.4, -0.2) is 49.1 Å². The van der Waals surface area contributed by atoms with Crippen molar-refractivity contribution in [1.82, 2.24) is 9.88 Å². The van der Waals surface area contributed by atoms with Crippen molar-refractivity contribution in [2.45, 2.75) is 6.18 Å². The summed E-state index contributed by atoms with van der Waals surface area (Å²) in [5.41, 5.74) is -0.00282. The molecule has 0 unspecified atom stereocenters. The van der Waals surface area contributed by atoms with Crippen molar-refractivity contribution >= 4 is 23.2 Å². The van der Waals surface area contributed by atoms with Gasteiger partial charge in [0.05, 0.1) is 17.4 Å². The van der Waals surface area contributed by atoms with Crippen LogP contribution in [0.25, 0.3) is 0 Å². The SMILES string of the molecule is CN1CCN(c2ccc(NC(=O)Nc3ccc(C(F)(F)F)cc3)cn2)CC1. The standard InChI is InChI=1S/C18H20F3N5O/c1-25-8-10-26(11-9-25)16-7-6-15(12-22-16)24-17(27)23-14-4-2-13(3-5-14)18(19,20)21/h2-7,12H,8-11H2,1H3,(H2,23,24,27). The summed E-state index contributed by atoms with van der Waals surface area (Å²) in [7, 11) is 2.08. The molecule has 1 fully saturated rings. The van der Waals surface area contributed by atoms with Gasteiger partial charge >= 0.3 is 12.2 Å². The Kier molecular flexibility index (Phi) is 5.50. The zero-order valence-electron chi connectivity index (χ0n) is 14.8. The third kappa shape index (κ3) is 5.10. The van der Waals surface area contributed by atoms with Gasteiger partial charge in [-0.25, -0.2) is 9.78 Å². The number of aromatic nitrogens is 1. The van der Waals surface area contributed by atoms with E-state index in [0.29, 0.717) is 5.69 Å². The molecule has 2 amide bonds. The largest absolute Gasteiger partial charge is 0.416 e. The van der Waals surface area contributed by atoms with Crippen LogP contribution in [-0.2, 0) is 6.18 Å². The first-order valence-electron chi connectivity index (χ1n) is 8.46. The maximum Gasteiger partial charge on any atom is 0.416 e. The maximum absolute atomic E-state index is 12.5. The van der Waals surface area contributed by atoms with Crippen LogP contribution < -0.4 is 15.5 Å². The fraction of sp³-hybridized carbons (Fsp3) is 0.333. The van der Waals surface area contributed by atoms with Gasteiger partial charge < -0.3 is 20.4 Å². The first-order valence-corrected chi connectivity index (χ1v) is 8.46. The van der Waals surface area contributed by atoms with Crippen LogP contribution in [0, 0.1) is 0 Å². The summed E-state index contributed by atoms with van der Waals surface area (Å²) in [6.07, 6.45) is -2.85. The lowest BCUT2D eigenvalue weighted by Crippen LogP contribution is -2.44. The number of anilines is 3. The molecule has 2 heterocycles. The quantitative estimate of drug-likeness (QED) is 0.857. The van der Waals surface area contributed by atoms with Crippen LogP contribution in [0.2, 0.25) is 0 Å². The van der Waals surface area contributed by atoms with Crippen LogP contribution in [0.3, 0.4) is 0 Å². The summed E-state index contributed by atoms with van der Waals surface area (Å²) in [6.45, 7) is 3.73. The van der Waals surface area contributed by atoms with E-state index in [-0.39, 0.29) is 5.69 Å². The number of hydrogen-bond donors (Lipinski definition) is 2. The summed E-state index contributed by atoms with van der Waals surface area (Å²) in [5.74, 6) is 0.844. The summed E-state index contributed by atoms with van der Waals surface area (Å²) in [4.78, 5) is 20.8. The van der Waals surface area contributed by atoms with Crippen molar-refractivity contribution in [1.29, 1.82) is 0 Å². The first kappa shape index (κ1) is 19.0. The number of hydrogen-bond acceptors (Lipinski definition) is 4. The highest BCUT2D eigenvalue weighted by Crippen LogP contribution is 2.29. The molecule has 0 radical (unpaired) electrons. The van der Waals surface area contributed by atoms with E-state index in [1.165, 1.54) is 12.1 Å². The molecule has 0 saturated carbocycles. The number of pyridine rings is 1. The molecule has 0 atom stereocenters. The third-order valence-electron chi connectivity index (χ3n) is 4.30. The highest BCUT2D eigenvalue weighted by molar-refractivity contribution is 5.99. The Morgan fingerprint density at radius 2 is 1.56 bits per heavy atom. The second kappa shape index (κ2) is 7.83. The number of urea groups is 1. The topological polar surface area (TPSA) is 60.5 Å². The van der Waals surface area contributed by atoms with E-state index in [1.54, 1.807) is 12.3 Å². The van der Waals surface area contributed by atoms with Crippen molar-refractivity contribution < 1.29 is 18.0 Å². The zero-order chi connectivity index (χ0) is 19.4. The number of benzene rings is 1. The van der Waals surface area contributed by atoms with Crippen LogP contribution in [0.4, 0.5) is 35.2 Å². The number of halogens is 3. The zero-order valence-corrected chi connectivity index (χ0v) is 14.8. The Balaban J connectivity index is 1.55. The van der Waals surface area contributed by atoms with E-state index in [1.807, 2.05) is 6.07 Å². The molecule has 1 aliphatic heterocycles. The molecule has 6 nitrogen and oxygen atoms in total. The fourth-order valence-corrected chi connectivity index (χ4v) is 2.72. The molecule has 1 aromatic carbocycles. The number of alkyl halides is 3. The molecule has 144 valence electrons. The van der Waals surface area contributed by atoms with Gasteiger partial charge in [-0.15, -0.1) is 0 Å². The third-order valence-corrected chi connectivity index (χ3v) is 4.30. The number of piperazine rings is 1. The number of rotatable bonds is 3. The van der Waals surface area contributed by atoms with Gasteiger partial charge in [-0.1, -0.05) is 0 Å². The van der Waals surface area contributed by atoms with Crippen LogP contribution in [0.15, 0.2) is 42.6 Å². The highest BCUT2D eigenvalue weighted by Gasteiger charge is 2.30. The van der Waals surface area contributed by atoms with Crippen molar-refractivity contribution in [3.63, 3.8) is 0 Å². The number of amides is 2. The summed E-state index contributed by atoms with van der Waals surface area (Å²) in [6, 6.07) is 7.27. The van der Waals surface area contributed by atoms with Gasteiger partial charge in [0, 0.05) is 31.9 Å². The van der Waals surface area contributed by atoms with Gasteiger partial charge in [0.15, 0.2) is 0 Å². The first-order chi connectivity index (χ1) is 12.8. The number of carbonyl (C=O) groups is 1. The lowest BCUT2D eigenvalue weighted by atomic mass is 10.2. The van der Waals surface area contributed by atoms with E-state index in [2.05, 4.69) is 32.5 Å². The van der Waals surface area contributed by atoms with E-state index in [4.69, 9.17) is 0 Å². The van der Waals surface area contributed by atoms with Crippen LogP contribution in [0.1, 0.15) is 5.56 Å². The normalized spacial score (nSPS) is 15.5. The molecule has 0 spiro atoms. The molecule has 2 N–H and O–H groups in total. The molecule has 27 heavy (non-hydrogen) atoms. The minimum atomic E-state index is -4.40. The van der Waals surface area contributed by atoms with E-state index in [0.717, 1.165) is 44.1 Å². The van der Waals surface area contributed by atoms with Gasteiger partial charge in [-0.2, -0.15) is 13.2 Å². The predicted octanol–water partition coefficient (Wildman–Crippen LogP) is 3.50. The average molecular weight is 379 g/mol.